The molecular weight excluding hydrogens is 242 g/mol. The van der Waals surface area contributed by atoms with Crippen LogP contribution in [0.4, 0.5) is 4.79 Å². The predicted molar refractivity (Wildman–Crippen MR) is 77.4 cm³/mol. The number of hydrogen-bond acceptors (Lipinski definition) is 3. The molecule has 0 radical (unpaired) electrons. The molecule has 5 nitrogen and oxygen atoms in total. The zero-order valence-corrected chi connectivity index (χ0v) is 12.8. The molecule has 19 heavy (non-hydrogen) atoms. The molecule has 0 bridgehead atoms. The summed E-state index contributed by atoms with van der Waals surface area (Å²) in [5, 5.41) is 3.00. The van der Waals surface area contributed by atoms with Crippen LogP contribution in [0.1, 0.15) is 33.6 Å². The number of nitrogens with one attached hydrogen (secondary N) is 1. The largest absolute Gasteiger partial charge is 0.375 e. The first-order valence-corrected chi connectivity index (χ1v) is 7.40. The molecule has 2 atom stereocenters. The zero-order chi connectivity index (χ0) is 14.3. The summed E-state index contributed by atoms with van der Waals surface area (Å²) in [6.07, 6.45) is 2.54. The smallest absolute Gasteiger partial charge is 0.317 e. The van der Waals surface area contributed by atoms with Crippen LogP contribution in [0.3, 0.4) is 0 Å². The number of morpholine rings is 1. The van der Waals surface area contributed by atoms with Gasteiger partial charge in [0.15, 0.2) is 0 Å². The first kappa shape index (κ1) is 16.2. The Balaban J connectivity index is 2.23. The van der Waals surface area contributed by atoms with Crippen LogP contribution in [-0.4, -0.2) is 67.8 Å². The van der Waals surface area contributed by atoms with Crippen LogP contribution < -0.4 is 5.32 Å². The van der Waals surface area contributed by atoms with Gasteiger partial charge in [-0.05, 0) is 33.9 Å². The van der Waals surface area contributed by atoms with E-state index in [2.05, 4.69) is 24.2 Å². The van der Waals surface area contributed by atoms with E-state index in [1.807, 2.05) is 18.7 Å². The van der Waals surface area contributed by atoms with Crippen LogP contribution in [0.25, 0.3) is 0 Å². The molecule has 0 spiro atoms. The van der Waals surface area contributed by atoms with Crippen molar-refractivity contribution in [2.24, 2.45) is 0 Å². The van der Waals surface area contributed by atoms with Crippen molar-refractivity contribution >= 4 is 6.03 Å². The van der Waals surface area contributed by atoms with Gasteiger partial charge < -0.3 is 19.9 Å². The van der Waals surface area contributed by atoms with Gasteiger partial charge in [0.05, 0.1) is 18.8 Å². The molecule has 1 fully saturated rings. The maximum atomic E-state index is 12.1. The van der Waals surface area contributed by atoms with Gasteiger partial charge in [0, 0.05) is 19.6 Å². The summed E-state index contributed by atoms with van der Waals surface area (Å²) in [6.45, 7) is 10.3. The van der Waals surface area contributed by atoms with E-state index >= 15 is 0 Å². The predicted octanol–water partition coefficient (Wildman–Crippen LogP) is 1.54. The normalized spacial score (nSPS) is 23.7. The van der Waals surface area contributed by atoms with E-state index in [-0.39, 0.29) is 18.2 Å². The van der Waals surface area contributed by atoms with Crippen molar-refractivity contribution < 1.29 is 9.53 Å². The SMILES string of the molecule is CCCCN(C)CCNC(=O)N1CCO[C@@H](C)[C@H]1C. The lowest BCUT2D eigenvalue weighted by Crippen LogP contribution is -2.55. The van der Waals surface area contributed by atoms with E-state index in [9.17, 15) is 4.79 Å². The number of likely N-dealkylation sites (N-methyl/N-ethyl adjacent to an activating group) is 1. The summed E-state index contributed by atoms with van der Waals surface area (Å²) < 4.78 is 5.53. The molecule has 1 N–H and O–H groups in total. The second-order valence-corrected chi connectivity index (χ2v) is 5.40. The highest BCUT2D eigenvalue weighted by Gasteiger charge is 2.28. The standard InChI is InChI=1S/C14H29N3O2/c1-5-6-8-16(4)9-7-15-14(18)17-10-11-19-13(3)12(17)2/h12-13H,5-11H2,1-4H3,(H,15,18)/t12-,13+/m1/s1. The Labute approximate surface area is 117 Å². The van der Waals surface area contributed by atoms with Crippen molar-refractivity contribution in [2.75, 3.05) is 39.8 Å². The second kappa shape index (κ2) is 8.38. The first-order valence-electron chi connectivity index (χ1n) is 7.40. The average molecular weight is 271 g/mol. The summed E-state index contributed by atoms with van der Waals surface area (Å²) >= 11 is 0. The van der Waals surface area contributed by atoms with Gasteiger partial charge in [-0.25, -0.2) is 4.79 Å². The number of ether oxygens (including phenoxy) is 1. The topological polar surface area (TPSA) is 44.8 Å². The molecule has 1 aliphatic rings. The molecule has 0 unspecified atom stereocenters. The fourth-order valence-electron chi connectivity index (χ4n) is 2.21. The molecular formula is C14H29N3O2. The van der Waals surface area contributed by atoms with Gasteiger partial charge in [0.2, 0.25) is 0 Å². The summed E-state index contributed by atoms with van der Waals surface area (Å²) in [5.41, 5.74) is 0. The maximum Gasteiger partial charge on any atom is 0.317 e. The van der Waals surface area contributed by atoms with Gasteiger partial charge in [-0.15, -0.1) is 0 Å². The molecule has 1 aliphatic heterocycles. The van der Waals surface area contributed by atoms with E-state index in [1.165, 1.54) is 12.8 Å². The van der Waals surface area contributed by atoms with Crippen LogP contribution >= 0.6 is 0 Å². The number of hydrogen-bond donors (Lipinski definition) is 1. The summed E-state index contributed by atoms with van der Waals surface area (Å²) in [5.74, 6) is 0. The number of rotatable bonds is 6. The third kappa shape index (κ3) is 5.37. The van der Waals surface area contributed by atoms with Crippen molar-refractivity contribution in [3.05, 3.63) is 0 Å². The number of unbranched alkanes of at least 4 members (excludes halogenated alkanes) is 1. The molecule has 1 saturated heterocycles. The van der Waals surface area contributed by atoms with E-state index in [0.29, 0.717) is 19.7 Å². The lowest BCUT2D eigenvalue weighted by atomic mass is 10.1. The van der Waals surface area contributed by atoms with Crippen LogP contribution in [0, 0.1) is 0 Å². The number of carbonyl (C=O) groups excluding carboxylic acids is 1. The van der Waals surface area contributed by atoms with Gasteiger partial charge in [-0.1, -0.05) is 13.3 Å². The average Bonchev–Trinajstić information content (AvgIpc) is 2.39. The Morgan fingerprint density at radius 3 is 2.84 bits per heavy atom. The molecule has 0 saturated carbocycles. The van der Waals surface area contributed by atoms with Crippen molar-refractivity contribution in [1.29, 1.82) is 0 Å². The van der Waals surface area contributed by atoms with E-state index < -0.39 is 0 Å². The molecule has 5 heteroatoms. The number of nitrogens with zero attached hydrogens (tertiary/aromatic N) is 2. The molecule has 2 amide bonds. The Kier molecular flexibility index (Phi) is 7.16. The zero-order valence-electron chi connectivity index (χ0n) is 12.8. The van der Waals surface area contributed by atoms with E-state index in [0.717, 1.165) is 13.1 Å². The van der Waals surface area contributed by atoms with Crippen molar-refractivity contribution in [1.82, 2.24) is 15.1 Å². The lowest BCUT2D eigenvalue weighted by Gasteiger charge is -2.37. The minimum Gasteiger partial charge on any atom is -0.375 e. The first-order chi connectivity index (χ1) is 9.06. The molecule has 0 aliphatic carbocycles. The number of urea groups is 1. The molecule has 1 rings (SSSR count). The van der Waals surface area contributed by atoms with Crippen molar-refractivity contribution in [3.63, 3.8) is 0 Å². The molecule has 0 aromatic carbocycles. The second-order valence-electron chi connectivity index (χ2n) is 5.40. The molecule has 112 valence electrons. The molecule has 1 heterocycles. The van der Waals surface area contributed by atoms with E-state index in [1.54, 1.807) is 0 Å². The third-order valence-corrected chi connectivity index (χ3v) is 3.81. The van der Waals surface area contributed by atoms with Gasteiger partial charge in [-0.2, -0.15) is 0 Å². The summed E-state index contributed by atoms with van der Waals surface area (Å²) in [7, 11) is 2.10. The highest BCUT2D eigenvalue weighted by atomic mass is 16.5. The van der Waals surface area contributed by atoms with Crippen molar-refractivity contribution in [2.45, 2.75) is 45.8 Å². The monoisotopic (exact) mass is 271 g/mol. The van der Waals surface area contributed by atoms with Gasteiger partial charge in [0.25, 0.3) is 0 Å². The summed E-state index contributed by atoms with van der Waals surface area (Å²) in [4.78, 5) is 16.2. The molecule has 0 aromatic rings. The van der Waals surface area contributed by atoms with Gasteiger partial charge >= 0.3 is 6.03 Å². The lowest BCUT2D eigenvalue weighted by molar-refractivity contribution is -0.0376. The Hall–Kier alpha value is -0.810. The minimum atomic E-state index is 0.0338. The van der Waals surface area contributed by atoms with Crippen LogP contribution in [-0.2, 0) is 4.74 Å². The van der Waals surface area contributed by atoms with Crippen LogP contribution in [0.15, 0.2) is 0 Å². The highest BCUT2D eigenvalue weighted by Crippen LogP contribution is 2.13. The van der Waals surface area contributed by atoms with Gasteiger partial charge in [-0.3, -0.25) is 0 Å². The Bertz CT molecular complexity index is 273. The quantitative estimate of drug-likeness (QED) is 0.797. The minimum absolute atomic E-state index is 0.0338. The van der Waals surface area contributed by atoms with E-state index in [4.69, 9.17) is 4.74 Å². The van der Waals surface area contributed by atoms with Gasteiger partial charge in [0.1, 0.15) is 0 Å². The third-order valence-electron chi connectivity index (χ3n) is 3.81. The fourth-order valence-corrected chi connectivity index (χ4v) is 2.21. The Morgan fingerprint density at radius 2 is 2.16 bits per heavy atom. The van der Waals surface area contributed by atoms with Crippen molar-refractivity contribution in [3.8, 4) is 0 Å². The molecule has 0 aromatic heterocycles. The number of carbonyl (C=O) groups is 1. The summed E-state index contributed by atoms with van der Waals surface area (Å²) in [6, 6.07) is 0.179. The fraction of sp³-hybridized carbons (Fsp3) is 0.929. The van der Waals surface area contributed by atoms with Crippen LogP contribution in [0.5, 0.6) is 0 Å². The number of amides is 2. The Morgan fingerprint density at radius 1 is 1.42 bits per heavy atom. The highest BCUT2D eigenvalue weighted by molar-refractivity contribution is 5.74. The van der Waals surface area contributed by atoms with Crippen LogP contribution in [0.2, 0.25) is 0 Å². The maximum absolute atomic E-state index is 12.1.